The van der Waals surface area contributed by atoms with E-state index in [1.807, 2.05) is 35.4 Å². The number of hydrogen-bond donors (Lipinski definition) is 0. The molecule has 1 saturated heterocycles. The summed E-state index contributed by atoms with van der Waals surface area (Å²) in [5.41, 5.74) is 2.45. The first-order valence-corrected chi connectivity index (χ1v) is 15.1. The number of likely N-dealkylation sites (tertiary alicyclic amines) is 1. The smallest absolute Gasteiger partial charge is 0.237 e. The molecule has 0 aromatic heterocycles. The van der Waals surface area contributed by atoms with Gasteiger partial charge in [-0.2, -0.15) is 0 Å². The summed E-state index contributed by atoms with van der Waals surface area (Å²) >= 11 is 0. The molecule has 8 nitrogen and oxygen atoms in total. The van der Waals surface area contributed by atoms with Gasteiger partial charge in [0, 0.05) is 30.4 Å². The molecule has 6 rings (SSSR count). The van der Waals surface area contributed by atoms with Crippen LogP contribution in [0.1, 0.15) is 66.9 Å². The summed E-state index contributed by atoms with van der Waals surface area (Å²) in [5, 5.41) is 0. The molecule has 0 radical (unpaired) electrons. The molecule has 3 aliphatic heterocycles. The molecule has 2 fully saturated rings. The van der Waals surface area contributed by atoms with Crippen LogP contribution in [0.15, 0.2) is 53.5 Å². The average Bonchev–Trinajstić information content (AvgIpc) is 3.29. The Hall–Kier alpha value is -3.65. The van der Waals surface area contributed by atoms with Crippen LogP contribution in [0.4, 0.5) is 0 Å². The zero-order valence-corrected chi connectivity index (χ0v) is 24.9. The maximum Gasteiger partial charge on any atom is 0.237 e. The number of carbonyl (C=O) groups excluding carboxylic acids is 2. The topological polar surface area (TPSA) is 80.7 Å². The molecule has 3 unspecified atom stereocenters. The summed E-state index contributed by atoms with van der Waals surface area (Å²) < 4.78 is 17.0. The van der Waals surface area contributed by atoms with Gasteiger partial charge in [0.2, 0.25) is 18.4 Å². The fourth-order valence-electron chi connectivity index (χ4n) is 7.27. The Morgan fingerprint density at radius 1 is 1.24 bits per heavy atom. The molecule has 1 aliphatic carbocycles. The minimum absolute atomic E-state index is 0.0994. The molecule has 2 aromatic carbocycles. The lowest BCUT2D eigenvalue weighted by atomic mass is 9.92. The Morgan fingerprint density at radius 3 is 2.86 bits per heavy atom. The number of unbranched alkanes of at least 4 members (excludes halogenated alkanes) is 1. The van der Waals surface area contributed by atoms with E-state index < -0.39 is 5.54 Å². The van der Waals surface area contributed by atoms with Crippen LogP contribution in [0.25, 0.3) is 0 Å². The Bertz CT molecular complexity index is 1410. The minimum atomic E-state index is -0.427. The number of aldehydes is 1. The van der Waals surface area contributed by atoms with Gasteiger partial charge in [-0.25, -0.2) is 0 Å². The largest absolute Gasteiger partial charge is 0.493 e. The van der Waals surface area contributed by atoms with Gasteiger partial charge in [0.05, 0.1) is 25.7 Å². The van der Waals surface area contributed by atoms with Gasteiger partial charge in [-0.05, 0) is 73.8 Å². The van der Waals surface area contributed by atoms with E-state index in [1.165, 1.54) is 0 Å². The van der Waals surface area contributed by atoms with E-state index >= 15 is 0 Å². The highest BCUT2D eigenvalue weighted by atomic mass is 16.7. The number of allylic oxidation sites excluding steroid dienone is 1. The molecule has 2 aromatic rings. The molecule has 8 heteroatoms. The molecule has 0 N–H and O–H groups in total. The average molecular weight is 572 g/mol. The maximum absolute atomic E-state index is 14.2. The van der Waals surface area contributed by atoms with E-state index in [0.717, 1.165) is 61.6 Å². The van der Waals surface area contributed by atoms with Crippen molar-refractivity contribution in [3.8, 4) is 17.2 Å². The van der Waals surface area contributed by atoms with E-state index in [9.17, 15) is 9.59 Å². The number of aliphatic imine (C=N–C) groups is 1. The molecule has 1 saturated carbocycles. The van der Waals surface area contributed by atoms with Crippen LogP contribution < -0.4 is 14.2 Å². The van der Waals surface area contributed by atoms with Crippen molar-refractivity contribution in [3.63, 3.8) is 0 Å². The highest BCUT2D eigenvalue weighted by Crippen LogP contribution is 2.60. The van der Waals surface area contributed by atoms with Gasteiger partial charge in [0.25, 0.3) is 0 Å². The number of benzene rings is 2. The van der Waals surface area contributed by atoms with Gasteiger partial charge in [0.15, 0.2) is 11.5 Å². The molecule has 222 valence electrons. The third-order valence-corrected chi connectivity index (χ3v) is 9.71. The van der Waals surface area contributed by atoms with E-state index in [2.05, 4.69) is 48.0 Å². The quantitative estimate of drug-likeness (QED) is 0.351. The summed E-state index contributed by atoms with van der Waals surface area (Å²) in [7, 11) is 1.65. The summed E-state index contributed by atoms with van der Waals surface area (Å²) in [6, 6.07) is 12.0. The highest BCUT2D eigenvalue weighted by molar-refractivity contribution is 5.81. The Morgan fingerprint density at radius 2 is 2.10 bits per heavy atom. The van der Waals surface area contributed by atoms with Crippen molar-refractivity contribution in [2.45, 2.75) is 62.9 Å². The molecule has 4 aliphatic rings. The monoisotopic (exact) mass is 571 g/mol. The highest BCUT2D eigenvalue weighted by Gasteiger charge is 2.62. The Balaban J connectivity index is 1.29. The van der Waals surface area contributed by atoms with Gasteiger partial charge in [-0.3, -0.25) is 19.5 Å². The number of nitrogens with zero attached hydrogens (tertiary/aromatic N) is 3. The van der Waals surface area contributed by atoms with Gasteiger partial charge < -0.3 is 19.1 Å². The lowest BCUT2D eigenvalue weighted by molar-refractivity contribution is -0.137. The van der Waals surface area contributed by atoms with Crippen LogP contribution in [-0.4, -0.2) is 79.4 Å². The van der Waals surface area contributed by atoms with Crippen molar-refractivity contribution in [1.82, 2.24) is 9.80 Å². The van der Waals surface area contributed by atoms with Crippen molar-refractivity contribution in [2.24, 2.45) is 10.9 Å². The summed E-state index contributed by atoms with van der Waals surface area (Å²) in [6.45, 7) is 6.89. The van der Waals surface area contributed by atoms with Crippen LogP contribution in [-0.2, 0) is 11.2 Å². The summed E-state index contributed by atoms with van der Waals surface area (Å²) in [5.74, 6) is 2.77. The van der Waals surface area contributed by atoms with Crippen molar-refractivity contribution < 1.29 is 23.8 Å². The van der Waals surface area contributed by atoms with E-state index in [4.69, 9.17) is 14.2 Å². The number of amides is 1. The zero-order valence-electron chi connectivity index (χ0n) is 24.9. The first kappa shape index (κ1) is 28.5. The molecular formula is C34H41N3O5. The SMILES string of the molecule is CCCCN(C(=O)CN1C[C@H](c2cc(OC)c3c(c2)OCO3)CC12CC2Cc1ccccc1C=O)C1(C)C=CC=NC1. The third kappa shape index (κ3) is 5.21. The van der Waals surface area contributed by atoms with Gasteiger partial charge in [0.1, 0.15) is 6.29 Å². The number of dihydropyridines is 1. The molecule has 42 heavy (non-hydrogen) atoms. The first-order valence-electron chi connectivity index (χ1n) is 15.1. The molecule has 4 atom stereocenters. The standard InChI is InChI=1S/C34H41N3O5/c1-4-5-13-37(33(2)11-8-12-35-22-33)31(39)20-36-19-27(26-15-29(40-3)32-30(16-26)41-23-42-32)17-34(36)18-28(34)14-24-9-6-7-10-25(24)21-38/h6-12,15-16,21,27-28H,4-5,13-14,17-20,22-23H2,1-3H3/t27-,28?,33?,34?/m1/s1. The van der Waals surface area contributed by atoms with Crippen LogP contribution >= 0.6 is 0 Å². The first-order chi connectivity index (χ1) is 20.4. The minimum Gasteiger partial charge on any atom is -0.493 e. The number of rotatable bonds is 11. The summed E-state index contributed by atoms with van der Waals surface area (Å²) in [6.07, 6.45) is 11.6. The number of ether oxygens (including phenoxy) is 3. The number of methoxy groups -OCH3 is 1. The summed E-state index contributed by atoms with van der Waals surface area (Å²) in [4.78, 5) is 34.9. The van der Waals surface area contributed by atoms with E-state index in [1.54, 1.807) is 7.11 Å². The van der Waals surface area contributed by atoms with E-state index in [0.29, 0.717) is 42.8 Å². The van der Waals surface area contributed by atoms with Crippen LogP contribution in [0.3, 0.4) is 0 Å². The second-order valence-electron chi connectivity index (χ2n) is 12.4. The van der Waals surface area contributed by atoms with E-state index in [-0.39, 0.29) is 24.2 Å². The second kappa shape index (κ2) is 11.6. The lowest BCUT2D eigenvalue weighted by Gasteiger charge is -2.41. The fraction of sp³-hybridized carbons (Fsp3) is 0.500. The molecule has 3 heterocycles. The maximum atomic E-state index is 14.2. The van der Waals surface area contributed by atoms with Gasteiger partial charge >= 0.3 is 0 Å². The van der Waals surface area contributed by atoms with Crippen molar-refractivity contribution in [3.05, 3.63) is 65.2 Å². The molecule has 1 amide bonds. The van der Waals surface area contributed by atoms with Crippen LogP contribution in [0.2, 0.25) is 0 Å². The lowest BCUT2D eigenvalue weighted by Crippen LogP contribution is -2.55. The third-order valence-electron chi connectivity index (χ3n) is 9.71. The normalized spacial score (nSPS) is 27.4. The Labute approximate surface area is 248 Å². The predicted molar refractivity (Wildman–Crippen MR) is 162 cm³/mol. The van der Waals surface area contributed by atoms with Gasteiger partial charge in [-0.1, -0.05) is 43.7 Å². The number of carbonyl (C=O) groups is 2. The fourth-order valence-corrected chi connectivity index (χ4v) is 7.27. The van der Waals surface area contributed by atoms with Crippen molar-refractivity contribution in [2.75, 3.05) is 40.1 Å². The molecule has 0 bridgehead atoms. The van der Waals surface area contributed by atoms with Crippen LogP contribution in [0, 0.1) is 5.92 Å². The van der Waals surface area contributed by atoms with Crippen molar-refractivity contribution in [1.29, 1.82) is 0 Å². The van der Waals surface area contributed by atoms with Crippen molar-refractivity contribution >= 4 is 18.4 Å². The number of hydrogen-bond acceptors (Lipinski definition) is 7. The molecular weight excluding hydrogens is 530 g/mol. The number of fused-ring (bicyclic) bond motifs is 1. The zero-order chi connectivity index (χ0) is 29.3. The van der Waals surface area contributed by atoms with Gasteiger partial charge in [-0.15, -0.1) is 0 Å². The van der Waals surface area contributed by atoms with Crippen LogP contribution in [0.5, 0.6) is 17.2 Å². The second-order valence-corrected chi connectivity index (χ2v) is 12.4. The molecule has 1 spiro atoms. The predicted octanol–water partition coefficient (Wildman–Crippen LogP) is 5.06. The Kier molecular flexibility index (Phi) is 7.83.